The van der Waals surface area contributed by atoms with E-state index in [1.165, 1.54) is 12.1 Å². The summed E-state index contributed by atoms with van der Waals surface area (Å²) in [5.41, 5.74) is -1.78. The molecule has 1 saturated carbocycles. The van der Waals surface area contributed by atoms with Gasteiger partial charge in [0.15, 0.2) is 0 Å². The number of nitrogens with zero attached hydrogens (tertiary/aromatic N) is 2. The topological polar surface area (TPSA) is 73.2 Å². The predicted octanol–water partition coefficient (Wildman–Crippen LogP) is 2.06. The quantitative estimate of drug-likeness (QED) is 0.788. The summed E-state index contributed by atoms with van der Waals surface area (Å²) in [5.74, 6) is -1.81. The van der Waals surface area contributed by atoms with Crippen molar-refractivity contribution in [1.82, 2.24) is 5.32 Å². The number of imide groups is 1. The summed E-state index contributed by atoms with van der Waals surface area (Å²) in [5, 5.41) is 12.1. The third kappa shape index (κ3) is 2.26. The summed E-state index contributed by atoms with van der Waals surface area (Å²) < 4.78 is 39.5. The molecule has 2 bridgehead atoms. The number of hydrogen-bond donors (Lipinski definition) is 1. The van der Waals surface area contributed by atoms with Crippen LogP contribution >= 0.6 is 0 Å². The Hall–Kier alpha value is -2.40. The van der Waals surface area contributed by atoms with Crippen LogP contribution < -0.4 is 10.2 Å². The number of halogens is 3. The first-order valence-electron chi connectivity index (χ1n) is 8.05. The number of nitrogens with one attached hydrogen (secondary N) is 1. The number of alkyl halides is 3. The molecule has 3 heterocycles. The summed E-state index contributed by atoms with van der Waals surface area (Å²) in [6, 6.07) is 4.36. The van der Waals surface area contributed by atoms with E-state index in [1.54, 1.807) is 0 Å². The molecule has 2 unspecified atom stereocenters. The number of piperidine rings is 2. The molecule has 4 aliphatic rings. The minimum atomic E-state index is -4.74. The van der Waals surface area contributed by atoms with Gasteiger partial charge in [-0.3, -0.25) is 9.59 Å². The zero-order valence-corrected chi connectivity index (χ0v) is 13.0. The van der Waals surface area contributed by atoms with E-state index in [4.69, 9.17) is 5.26 Å². The Morgan fingerprint density at radius 2 is 1.88 bits per heavy atom. The maximum Gasteiger partial charge on any atom is 0.417 e. The van der Waals surface area contributed by atoms with Crippen molar-refractivity contribution in [3.8, 4) is 6.07 Å². The summed E-state index contributed by atoms with van der Waals surface area (Å²) in [7, 11) is 0. The number of benzene rings is 1. The lowest BCUT2D eigenvalue weighted by Gasteiger charge is -2.43. The number of rotatable bonds is 1. The number of hydrogen-bond acceptors (Lipinski definition) is 4. The second kappa shape index (κ2) is 5.30. The molecule has 8 heteroatoms. The van der Waals surface area contributed by atoms with Crippen LogP contribution in [0.15, 0.2) is 18.2 Å². The van der Waals surface area contributed by atoms with E-state index in [2.05, 4.69) is 5.32 Å². The van der Waals surface area contributed by atoms with Crippen molar-refractivity contribution in [2.24, 2.45) is 17.8 Å². The Morgan fingerprint density at radius 1 is 1.16 bits per heavy atom. The first-order valence-corrected chi connectivity index (χ1v) is 8.05. The summed E-state index contributed by atoms with van der Waals surface area (Å²) >= 11 is 0. The van der Waals surface area contributed by atoms with Crippen LogP contribution in [0.5, 0.6) is 0 Å². The maximum atomic E-state index is 13.2. The van der Waals surface area contributed by atoms with Gasteiger partial charge in [-0.25, -0.2) is 4.90 Å². The van der Waals surface area contributed by atoms with Crippen LogP contribution in [0.3, 0.4) is 0 Å². The Kier molecular flexibility index (Phi) is 3.41. The van der Waals surface area contributed by atoms with Gasteiger partial charge in [-0.15, -0.1) is 0 Å². The molecule has 25 heavy (non-hydrogen) atoms. The van der Waals surface area contributed by atoms with Gasteiger partial charge in [-0.05, 0) is 43.5 Å². The third-order valence-electron chi connectivity index (χ3n) is 5.52. The molecule has 1 aromatic rings. The van der Waals surface area contributed by atoms with Gasteiger partial charge in [0.25, 0.3) is 0 Å². The van der Waals surface area contributed by atoms with E-state index in [1.807, 2.05) is 0 Å². The smallest absolute Gasteiger partial charge is 0.313 e. The number of carbonyl (C=O) groups excluding carboxylic acids is 2. The van der Waals surface area contributed by atoms with Crippen molar-refractivity contribution in [2.45, 2.75) is 25.1 Å². The van der Waals surface area contributed by atoms with Crippen molar-refractivity contribution >= 4 is 17.5 Å². The standard InChI is InChI=1S/C17H14F3N3O2/c18-17(19,20)11-5-10(3-1-8(11)6-21)23-15(24)13-9-2-4-12(22-7-9)14(13)16(23)25/h1,3,5,9,12-14,22H,2,4,7H2/t9?,12?,13-,14+/m0/s1. The Morgan fingerprint density at radius 3 is 2.44 bits per heavy atom. The van der Waals surface area contributed by atoms with Gasteiger partial charge in [0.05, 0.1) is 34.7 Å². The fourth-order valence-corrected chi connectivity index (χ4v) is 4.40. The fraction of sp³-hybridized carbons (Fsp3) is 0.471. The summed E-state index contributed by atoms with van der Waals surface area (Å²) in [4.78, 5) is 26.4. The van der Waals surface area contributed by atoms with Gasteiger partial charge in [0.2, 0.25) is 11.8 Å². The van der Waals surface area contributed by atoms with Crippen molar-refractivity contribution in [3.63, 3.8) is 0 Å². The van der Waals surface area contributed by atoms with E-state index < -0.39 is 41.0 Å². The molecule has 2 amide bonds. The summed E-state index contributed by atoms with van der Waals surface area (Å²) in [6.45, 7) is 0.653. The largest absolute Gasteiger partial charge is 0.417 e. The molecule has 3 aliphatic heterocycles. The van der Waals surface area contributed by atoms with Gasteiger partial charge < -0.3 is 5.32 Å². The lowest BCUT2D eigenvalue weighted by molar-refractivity contribution is -0.138. The van der Waals surface area contributed by atoms with Crippen LogP contribution in [0.2, 0.25) is 0 Å². The molecule has 1 aliphatic carbocycles. The number of nitriles is 1. The fourth-order valence-electron chi connectivity index (χ4n) is 4.40. The van der Waals surface area contributed by atoms with E-state index in [0.29, 0.717) is 6.54 Å². The molecule has 1 N–H and O–H groups in total. The monoisotopic (exact) mass is 349 g/mol. The van der Waals surface area contributed by atoms with Crippen LogP contribution in [0.25, 0.3) is 0 Å². The molecule has 3 saturated heterocycles. The summed E-state index contributed by atoms with van der Waals surface area (Å²) in [6.07, 6.45) is -3.10. The second-order valence-corrected chi connectivity index (χ2v) is 6.76. The first-order chi connectivity index (χ1) is 11.8. The molecule has 0 spiro atoms. The van der Waals surface area contributed by atoms with Crippen LogP contribution in [0.4, 0.5) is 18.9 Å². The maximum absolute atomic E-state index is 13.2. The highest BCUT2D eigenvalue weighted by Crippen LogP contribution is 2.46. The molecule has 4 fully saturated rings. The molecule has 1 aromatic carbocycles. The highest BCUT2D eigenvalue weighted by atomic mass is 19.4. The normalized spacial score (nSPS) is 31.2. The number of amides is 2. The van der Waals surface area contributed by atoms with Crippen molar-refractivity contribution in [2.75, 3.05) is 11.4 Å². The molecule has 5 rings (SSSR count). The average Bonchev–Trinajstić information content (AvgIpc) is 2.88. The lowest BCUT2D eigenvalue weighted by Crippen LogP contribution is -2.56. The first kappa shape index (κ1) is 16.1. The Labute approximate surface area is 141 Å². The van der Waals surface area contributed by atoms with Gasteiger partial charge >= 0.3 is 6.18 Å². The SMILES string of the molecule is N#Cc1ccc(N2C(=O)[C@@H]3C4CCC(CN4)[C@@H]3C2=O)cc1C(F)(F)F. The minimum absolute atomic E-state index is 0.0388. The minimum Gasteiger partial charge on any atom is -0.313 e. The number of fused-ring (bicyclic) bond motifs is 2. The second-order valence-electron chi connectivity index (χ2n) is 6.76. The van der Waals surface area contributed by atoms with Crippen LogP contribution in [-0.4, -0.2) is 24.4 Å². The van der Waals surface area contributed by atoms with E-state index in [0.717, 1.165) is 29.9 Å². The molecule has 5 nitrogen and oxygen atoms in total. The zero-order chi connectivity index (χ0) is 17.9. The predicted molar refractivity (Wildman–Crippen MR) is 80.1 cm³/mol. The van der Waals surface area contributed by atoms with Gasteiger partial charge in [-0.2, -0.15) is 18.4 Å². The van der Waals surface area contributed by atoms with Crippen molar-refractivity contribution in [1.29, 1.82) is 5.26 Å². The van der Waals surface area contributed by atoms with E-state index in [9.17, 15) is 22.8 Å². The van der Waals surface area contributed by atoms with Gasteiger partial charge in [0.1, 0.15) is 0 Å². The van der Waals surface area contributed by atoms with Gasteiger partial charge in [-0.1, -0.05) is 0 Å². The zero-order valence-electron chi connectivity index (χ0n) is 13.0. The van der Waals surface area contributed by atoms with Crippen molar-refractivity contribution < 1.29 is 22.8 Å². The highest BCUT2D eigenvalue weighted by molar-refractivity contribution is 6.22. The molecule has 4 atom stereocenters. The van der Waals surface area contributed by atoms with Crippen LogP contribution in [0, 0.1) is 29.1 Å². The van der Waals surface area contributed by atoms with E-state index in [-0.39, 0.29) is 17.6 Å². The average molecular weight is 349 g/mol. The van der Waals surface area contributed by atoms with Crippen LogP contribution in [-0.2, 0) is 15.8 Å². The molecular weight excluding hydrogens is 335 g/mol. The van der Waals surface area contributed by atoms with Crippen LogP contribution in [0.1, 0.15) is 24.0 Å². The highest BCUT2D eigenvalue weighted by Gasteiger charge is 2.58. The van der Waals surface area contributed by atoms with E-state index >= 15 is 0 Å². The lowest BCUT2D eigenvalue weighted by atomic mass is 9.67. The molecular formula is C17H14F3N3O2. The number of anilines is 1. The molecule has 0 radical (unpaired) electrons. The third-order valence-corrected chi connectivity index (χ3v) is 5.52. The molecule has 130 valence electrons. The number of carbonyl (C=O) groups is 2. The molecule has 0 aromatic heterocycles. The Balaban J connectivity index is 1.77. The van der Waals surface area contributed by atoms with Crippen molar-refractivity contribution in [3.05, 3.63) is 29.3 Å². The van der Waals surface area contributed by atoms with Gasteiger partial charge in [0, 0.05) is 6.04 Å². The Bertz CT molecular complexity index is 776.